The lowest BCUT2D eigenvalue weighted by atomic mass is 9.58. The Balaban J connectivity index is 1.07. The van der Waals surface area contributed by atoms with Gasteiger partial charge in [-0.2, -0.15) is 0 Å². The quantitative estimate of drug-likeness (QED) is 0.175. The summed E-state index contributed by atoms with van der Waals surface area (Å²) in [5.41, 5.74) is 19.8. The molecule has 4 heterocycles. The maximum Gasteiger partial charge on any atom is 0.198 e. The first-order valence-corrected chi connectivity index (χ1v) is 24.7. The summed E-state index contributed by atoms with van der Waals surface area (Å²) >= 11 is 1.87. The lowest BCUT2D eigenvalue weighted by Crippen LogP contribution is -2.37. The molecule has 3 aromatic heterocycles. The first-order chi connectivity index (χ1) is 33.1. The predicted octanol–water partition coefficient (Wildman–Crippen LogP) is 15.9. The van der Waals surface area contributed by atoms with Crippen molar-refractivity contribution in [3.05, 3.63) is 199 Å². The molecule has 0 amide bonds. The van der Waals surface area contributed by atoms with Crippen molar-refractivity contribution in [3.63, 3.8) is 0 Å². The molecule has 12 aromatic rings. The number of hydrogen-bond acceptors (Lipinski definition) is 3. The third-order valence-electron chi connectivity index (χ3n) is 15.2. The molecule has 324 valence electrons. The van der Waals surface area contributed by atoms with Gasteiger partial charge in [-0.05, 0) is 92.8 Å². The minimum Gasteiger partial charge on any atom is -0.455 e. The zero-order chi connectivity index (χ0) is 45.6. The van der Waals surface area contributed by atoms with Crippen molar-refractivity contribution in [2.24, 2.45) is 0 Å². The normalized spacial score (nSPS) is 13.6. The molecular formula is C63H47BN2OS. The van der Waals surface area contributed by atoms with Crippen LogP contribution in [0.2, 0.25) is 0 Å². The summed E-state index contributed by atoms with van der Waals surface area (Å²) < 4.78 is 12.2. The first kappa shape index (κ1) is 39.6. The van der Waals surface area contributed by atoms with Gasteiger partial charge in [-0.25, -0.2) is 0 Å². The van der Waals surface area contributed by atoms with E-state index in [1.165, 1.54) is 97.5 Å². The van der Waals surface area contributed by atoms with Crippen LogP contribution in [0.3, 0.4) is 0 Å². The molecule has 0 radical (unpaired) electrons. The third-order valence-corrected chi connectivity index (χ3v) is 16.3. The predicted molar refractivity (Wildman–Crippen MR) is 292 cm³/mol. The van der Waals surface area contributed by atoms with E-state index < -0.39 is 0 Å². The van der Waals surface area contributed by atoms with Gasteiger partial charge in [0.15, 0.2) is 7.28 Å². The molecule has 0 atom stereocenters. The van der Waals surface area contributed by atoms with Gasteiger partial charge in [0, 0.05) is 86.4 Å². The van der Waals surface area contributed by atoms with Gasteiger partial charge in [-0.15, -0.1) is 11.3 Å². The van der Waals surface area contributed by atoms with Gasteiger partial charge in [0.25, 0.3) is 0 Å². The van der Waals surface area contributed by atoms with E-state index in [1.54, 1.807) is 0 Å². The largest absolute Gasteiger partial charge is 0.455 e. The van der Waals surface area contributed by atoms with Crippen molar-refractivity contribution in [3.8, 4) is 50.6 Å². The van der Waals surface area contributed by atoms with Crippen LogP contribution in [0.5, 0.6) is 0 Å². The van der Waals surface area contributed by atoms with Crippen LogP contribution in [0.4, 0.5) is 11.4 Å². The Morgan fingerprint density at radius 1 is 0.529 bits per heavy atom. The van der Waals surface area contributed by atoms with Crippen molar-refractivity contribution in [2.75, 3.05) is 5.32 Å². The molecule has 3 nitrogen and oxygen atoms in total. The van der Waals surface area contributed by atoms with E-state index >= 15 is 0 Å². The Labute approximate surface area is 400 Å². The third kappa shape index (κ3) is 5.72. The van der Waals surface area contributed by atoms with Gasteiger partial charge in [-0.3, -0.25) is 0 Å². The molecule has 2 aliphatic rings. The zero-order valence-corrected chi connectivity index (χ0v) is 39.6. The second-order valence-corrected chi connectivity index (χ2v) is 21.6. The van der Waals surface area contributed by atoms with Crippen LogP contribution in [0, 0.1) is 0 Å². The number of nitrogens with zero attached hydrogens (tertiary/aromatic N) is 1. The van der Waals surface area contributed by atoms with Gasteiger partial charge in [0.1, 0.15) is 11.5 Å². The number of thiophene rings is 1. The lowest BCUT2D eigenvalue weighted by Gasteiger charge is -2.25. The van der Waals surface area contributed by atoms with Crippen molar-refractivity contribution < 1.29 is 4.42 Å². The molecule has 0 saturated heterocycles. The maximum absolute atomic E-state index is 7.04. The van der Waals surface area contributed by atoms with Crippen LogP contribution in [-0.4, -0.2) is 11.8 Å². The highest BCUT2D eigenvalue weighted by Crippen LogP contribution is 2.52. The fraction of sp³-hybridized carbons (Fsp3) is 0.111. The van der Waals surface area contributed by atoms with E-state index in [2.05, 4.69) is 226 Å². The fourth-order valence-electron chi connectivity index (χ4n) is 11.7. The Morgan fingerprint density at radius 3 is 1.96 bits per heavy atom. The van der Waals surface area contributed by atoms with Gasteiger partial charge in [-0.1, -0.05) is 174 Å². The molecule has 9 aromatic carbocycles. The van der Waals surface area contributed by atoms with E-state index in [0.29, 0.717) is 0 Å². The second kappa shape index (κ2) is 14.2. The molecule has 0 spiro atoms. The molecule has 14 rings (SSSR count). The summed E-state index contributed by atoms with van der Waals surface area (Å²) in [5, 5.41) is 11.4. The Hall–Kier alpha value is -7.60. The number of rotatable bonds is 5. The maximum atomic E-state index is 7.04. The minimum absolute atomic E-state index is 0.0682. The van der Waals surface area contributed by atoms with Crippen LogP contribution in [0.1, 0.15) is 51.3 Å². The summed E-state index contributed by atoms with van der Waals surface area (Å²) in [5.74, 6) is 1.80. The molecular weight excluding hydrogens is 844 g/mol. The molecule has 0 unspecified atom stereocenters. The van der Waals surface area contributed by atoms with E-state index in [0.717, 1.165) is 52.1 Å². The second-order valence-electron chi connectivity index (χ2n) is 20.5. The highest BCUT2D eigenvalue weighted by molar-refractivity contribution is 7.25. The zero-order valence-electron chi connectivity index (χ0n) is 38.8. The smallest absolute Gasteiger partial charge is 0.198 e. The summed E-state index contributed by atoms with van der Waals surface area (Å²) in [6, 6.07) is 67.7. The van der Waals surface area contributed by atoms with Gasteiger partial charge in [0.2, 0.25) is 0 Å². The van der Waals surface area contributed by atoms with E-state index in [1.807, 2.05) is 11.3 Å². The standard InChI is InChI=1S/C63H47BN2OS/c1-62(2,3)38-24-26-39(27-25-38)65-53-35-57-47(41-21-13-15-23-56(41)68-57)31-45(53)42-28-29-43-46-30-44-40-20-12-14-22-50(40)63(4,5)51(44)34-54(46)66-55-33-49-48(32-52(55)64-58(42)59(43)66)60(36-16-8-6-9-17-36)67-61(49)37-18-10-7-11-19-37/h6-35,64-65H,1-5H3. The molecule has 0 fully saturated rings. The average molecular weight is 891 g/mol. The van der Waals surface area contributed by atoms with Crippen LogP contribution >= 0.6 is 11.3 Å². The summed E-state index contributed by atoms with van der Waals surface area (Å²) in [7, 11) is 0.768. The summed E-state index contributed by atoms with van der Waals surface area (Å²) in [4.78, 5) is 0. The van der Waals surface area contributed by atoms with Gasteiger partial charge in [0.05, 0.1) is 5.52 Å². The molecule has 0 saturated carbocycles. The monoisotopic (exact) mass is 890 g/mol. The molecule has 1 aliphatic carbocycles. The highest BCUT2D eigenvalue weighted by Gasteiger charge is 2.37. The van der Waals surface area contributed by atoms with E-state index in [9.17, 15) is 0 Å². The van der Waals surface area contributed by atoms with Crippen molar-refractivity contribution >= 4 is 93.7 Å². The number of anilines is 2. The number of nitrogens with one attached hydrogen (secondary N) is 1. The number of aromatic nitrogens is 1. The SMILES string of the molecule is CC(C)(C)c1ccc(Nc2cc3sc4ccccc4c3cc2-c2ccc3c4cc5c(cc4n4c3c2Bc2cc3c(-c6ccccc6)oc(-c6ccccc6)c3cc2-4)C(C)(C)c2ccccc2-5)cc1. The van der Waals surface area contributed by atoms with Crippen molar-refractivity contribution in [2.45, 2.75) is 45.4 Å². The lowest BCUT2D eigenvalue weighted by molar-refractivity contribution is 0.590. The van der Waals surface area contributed by atoms with Crippen LogP contribution < -0.4 is 16.2 Å². The van der Waals surface area contributed by atoms with Crippen LogP contribution in [0.25, 0.3) is 103 Å². The van der Waals surface area contributed by atoms with Gasteiger partial charge < -0.3 is 14.3 Å². The van der Waals surface area contributed by atoms with Crippen molar-refractivity contribution in [1.82, 2.24) is 4.57 Å². The number of hydrogen-bond donors (Lipinski definition) is 1. The minimum atomic E-state index is -0.147. The van der Waals surface area contributed by atoms with Crippen molar-refractivity contribution in [1.29, 1.82) is 0 Å². The number of furan rings is 1. The fourth-order valence-corrected chi connectivity index (χ4v) is 12.9. The van der Waals surface area contributed by atoms with Crippen LogP contribution in [0.15, 0.2) is 186 Å². The van der Waals surface area contributed by atoms with E-state index in [-0.39, 0.29) is 10.8 Å². The Kier molecular flexibility index (Phi) is 8.27. The Bertz CT molecular complexity index is 4070. The summed E-state index contributed by atoms with van der Waals surface area (Å²) in [6.07, 6.45) is 0. The molecule has 68 heavy (non-hydrogen) atoms. The van der Waals surface area contributed by atoms with Gasteiger partial charge >= 0.3 is 0 Å². The van der Waals surface area contributed by atoms with E-state index in [4.69, 9.17) is 4.42 Å². The topological polar surface area (TPSA) is 30.1 Å². The molecule has 1 aliphatic heterocycles. The Morgan fingerprint density at radius 2 is 1.21 bits per heavy atom. The molecule has 0 bridgehead atoms. The highest BCUT2D eigenvalue weighted by atomic mass is 32.1. The average Bonchev–Trinajstić information content (AvgIpc) is 4.08. The first-order valence-electron chi connectivity index (χ1n) is 23.9. The van der Waals surface area contributed by atoms with Crippen LogP contribution in [-0.2, 0) is 10.8 Å². The number of benzene rings is 9. The molecule has 1 N–H and O–H groups in total. The molecule has 5 heteroatoms. The number of fused-ring (bicyclic) bond motifs is 12. The summed E-state index contributed by atoms with van der Waals surface area (Å²) in [6.45, 7) is 11.6.